The normalized spacial score (nSPS) is 19.1. The summed E-state index contributed by atoms with van der Waals surface area (Å²) in [6, 6.07) is 18.2. The van der Waals surface area contributed by atoms with E-state index in [1.54, 1.807) is 23.1 Å². The van der Waals surface area contributed by atoms with Crippen molar-refractivity contribution in [2.75, 3.05) is 18.4 Å². The number of alkyl halides is 3. The Labute approximate surface area is 191 Å². The number of likely N-dealkylation sites (tertiary alicyclic amines) is 1. The predicted octanol–water partition coefficient (Wildman–Crippen LogP) is 4.94. The minimum Gasteiger partial charge on any atom is -0.325 e. The lowest BCUT2D eigenvalue weighted by Crippen LogP contribution is -2.49. The van der Waals surface area contributed by atoms with Gasteiger partial charge in [0.05, 0.1) is 12.2 Å². The Hall–Kier alpha value is -3.13. The molecule has 0 spiro atoms. The number of carbonyl (C=O) groups excluding carboxylic acids is 1. The van der Waals surface area contributed by atoms with E-state index in [9.17, 15) is 18.0 Å². The van der Waals surface area contributed by atoms with Crippen LogP contribution >= 0.6 is 0 Å². The molecule has 1 aliphatic rings. The fourth-order valence-corrected chi connectivity index (χ4v) is 4.42. The van der Waals surface area contributed by atoms with Gasteiger partial charge in [0.1, 0.15) is 0 Å². The van der Waals surface area contributed by atoms with E-state index in [4.69, 9.17) is 0 Å². The minimum absolute atomic E-state index is 0.208. The van der Waals surface area contributed by atoms with Crippen molar-refractivity contribution >= 4 is 11.6 Å². The average molecular weight is 457 g/mol. The van der Waals surface area contributed by atoms with E-state index in [2.05, 4.69) is 10.4 Å². The number of hydrogen-bond donors (Lipinski definition) is 1. The van der Waals surface area contributed by atoms with Crippen molar-refractivity contribution in [3.05, 3.63) is 83.2 Å². The molecule has 0 radical (unpaired) electrons. The van der Waals surface area contributed by atoms with Gasteiger partial charge in [-0.3, -0.25) is 14.4 Å². The maximum Gasteiger partial charge on any atom is 0.404 e. The highest BCUT2D eigenvalue weighted by atomic mass is 19.4. The molecule has 0 aliphatic carbocycles. The number of hydrogen-bond acceptors (Lipinski definition) is 3. The van der Waals surface area contributed by atoms with Crippen LogP contribution in [0, 0.1) is 19.3 Å². The number of amides is 1. The summed E-state index contributed by atoms with van der Waals surface area (Å²) in [5.74, 6) is -1.01. The summed E-state index contributed by atoms with van der Waals surface area (Å²) in [5, 5.41) is 6.97. The topological polar surface area (TPSA) is 50.2 Å². The summed E-state index contributed by atoms with van der Waals surface area (Å²) in [7, 11) is 0. The monoisotopic (exact) mass is 456 g/mol. The number of aromatic nitrogens is 2. The van der Waals surface area contributed by atoms with Gasteiger partial charge in [-0.25, -0.2) is 0 Å². The van der Waals surface area contributed by atoms with E-state index in [1.807, 2.05) is 61.0 Å². The second kappa shape index (κ2) is 9.02. The molecule has 174 valence electrons. The number of nitrogens with one attached hydrogen (secondary N) is 1. The Balaban J connectivity index is 1.50. The molecule has 1 saturated heterocycles. The third-order valence-corrected chi connectivity index (χ3v) is 6.20. The molecular formula is C25H27F3N4O. The second-order valence-corrected chi connectivity index (χ2v) is 8.77. The molecule has 0 saturated carbocycles. The van der Waals surface area contributed by atoms with E-state index in [-0.39, 0.29) is 19.5 Å². The fraction of sp³-hybridized carbons (Fsp3) is 0.360. The maximum atomic E-state index is 14.2. The molecule has 8 heteroatoms. The van der Waals surface area contributed by atoms with E-state index in [1.165, 1.54) is 0 Å². The molecule has 1 aliphatic heterocycles. The highest BCUT2D eigenvalue weighted by Crippen LogP contribution is 2.46. The lowest BCUT2D eigenvalue weighted by atomic mass is 9.85. The SMILES string of the molecule is Cc1cc(C)n(Cc2cccc(NC(=O)C3(C(F)(F)F)CCN(Cc4ccccc4)C3)c2)n1. The van der Waals surface area contributed by atoms with Gasteiger partial charge >= 0.3 is 6.18 Å². The minimum atomic E-state index is -4.65. The zero-order valence-electron chi connectivity index (χ0n) is 18.7. The van der Waals surface area contributed by atoms with Crippen LogP contribution in [0.3, 0.4) is 0 Å². The van der Waals surface area contributed by atoms with E-state index >= 15 is 0 Å². The number of halogens is 3. The smallest absolute Gasteiger partial charge is 0.325 e. The van der Waals surface area contributed by atoms with Crippen molar-refractivity contribution in [3.63, 3.8) is 0 Å². The number of anilines is 1. The molecule has 33 heavy (non-hydrogen) atoms. The third kappa shape index (κ3) is 4.95. The fourth-order valence-electron chi connectivity index (χ4n) is 4.42. The Kier molecular flexibility index (Phi) is 6.30. The summed E-state index contributed by atoms with van der Waals surface area (Å²) >= 11 is 0. The van der Waals surface area contributed by atoms with Gasteiger partial charge in [0.25, 0.3) is 0 Å². The van der Waals surface area contributed by atoms with Crippen molar-refractivity contribution in [1.82, 2.24) is 14.7 Å². The summed E-state index contributed by atoms with van der Waals surface area (Å²) in [6.45, 7) is 4.55. The van der Waals surface area contributed by atoms with Crippen LogP contribution in [0.2, 0.25) is 0 Å². The van der Waals surface area contributed by atoms with Gasteiger partial charge in [-0.05, 0) is 56.1 Å². The lowest BCUT2D eigenvalue weighted by molar-refractivity contribution is -0.215. The molecule has 1 unspecified atom stereocenters. The Morgan fingerprint density at radius 2 is 1.76 bits per heavy atom. The number of aryl methyl sites for hydroxylation is 2. The first-order valence-electron chi connectivity index (χ1n) is 10.9. The van der Waals surface area contributed by atoms with E-state index < -0.39 is 17.5 Å². The molecule has 1 aromatic heterocycles. The van der Waals surface area contributed by atoms with Crippen LogP contribution in [0.25, 0.3) is 0 Å². The molecule has 3 aromatic rings. The predicted molar refractivity (Wildman–Crippen MR) is 121 cm³/mol. The average Bonchev–Trinajstić information content (AvgIpc) is 3.32. The van der Waals surface area contributed by atoms with Gasteiger partial charge in [-0.15, -0.1) is 0 Å². The Bertz CT molecular complexity index is 1130. The Morgan fingerprint density at radius 1 is 1.03 bits per heavy atom. The number of carbonyl (C=O) groups is 1. The van der Waals surface area contributed by atoms with Crippen LogP contribution in [0.15, 0.2) is 60.7 Å². The molecule has 1 N–H and O–H groups in total. The van der Waals surface area contributed by atoms with Crippen molar-refractivity contribution in [3.8, 4) is 0 Å². The van der Waals surface area contributed by atoms with Crippen molar-refractivity contribution in [2.24, 2.45) is 5.41 Å². The van der Waals surface area contributed by atoms with Gasteiger partial charge in [0.2, 0.25) is 5.91 Å². The van der Waals surface area contributed by atoms with Crippen LogP contribution in [0.1, 0.15) is 28.9 Å². The first-order valence-corrected chi connectivity index (χ1v) is 10.9. The zero-order valence-corrected chi connectivity index (χ0v) is 18.7. The van der Waals surface area contributed by atoms with Crippen LogP contribution in [-0.2, 0) is 17.9 Å². The molecule has 1 amide bonds. The van der Waals surface area contributed by atoms with Gasteiger partial charge in [0.15, 0.2) is 5.41 Å². The van der Waals surface area contributed by atoms with Crippen LogP contribution < -0.4 is 5.32 Å². The molecule has 2 heterocycles. The number of rotatable bonds is 6. The summed E-state index contributed by atoms with van der Waals surface area (Å²) in [5.41, 5.74) is 1.56. The molecule has 5 nitrogen and oxygen atoms in total. The zero-order chi connectivity index (χ0) is 23.6. The highest BCUT2D eigenvalue weighted by molar-refractivity contribution is 5.96. The van der Waals surface area contributed by atoms with E-state index in [0.717, 1.165) is 22.5 Å². The highest BCUT2D eigenvalue weighted by Gasteiger charge is 2.62. The van der Waals surface area contributed by atoms with Crippen LogP contribution in [-0.4, -0.2) is 39.9 Å². The summed E-state index contributed by atoms with van der Waals surface area (Å²) in [4.78, 5) is 14.7. The van der Waals surface area contributed by atoms with Crippen molar-refractivity contribution in [1.29, 1.82) is 0 Å². The van der Waals surface area contributed by atoms with Crippen LogP contribution in [0.4, 0.5) is 18.9 Å². The van der Waals surface area contributed by atoms with Gasteiger partial charge in [0, 0.05) is 24.5 Å². The molecule has 0 bridgehead atoms. The quantitative estimate of drug-likeness (QED) is 0.572. The largest absolute Gasteiger partial charge is 0.404 e. The molecular weight excluding hydrogens is 429 g/mol. The van der Waals surface area contributed by atoms with Crippen molar-refractivity contribution < 1.29 is 18.0 Å². The van der Waals surface area contributed by atoms with Gasteiger partial charge < -0.3 is 5.32 Å². The van der Waals surface area contributed by atoms with Crippen molar-refractivity contribution in [2.45, 2.75) is 39.5 Å². The first-order chi connectivity index (χ1) is 15.7. The van der Waals surface area contributed by atoms with Gasteiger partial charge in [-0.2, -0.15) is 18.3 Å². The molecule has 2 aromatic carbocycles. The number of benzene rings is 2. The molecule has 4 rings (SSSR count). The third-order valence-electron chi connectivity index (χ3n) is 6.20. The van der Waals surface area contributed by atoms with E-state index in [0.29, 0.717) is 18.8 Å². The molecule has 1 fully saturated rings. The van der Waals surface area contributed by atoms with Gasteiger partial charge in [-0.1, -0.05) is 42.5 Å². The van der Waals surface area contributed by atoms with Crippen LogP contribution in [0.5, 0.6) is 0 Å². The summed E-state index contributed by atoms with van der Waals surface area (Å²) < 4.78 is 44.4. The first kappa shape index (κ1) is 23.0. The Morgan fingerprint density at radius 3 is 2.42 bits per heavy atom. The molecule has 1 atom stereocenters. The summed E-state index contributed by atoms with van der Waals surface area (Å²) in [6.07, 6.45) is -4.91. The standard InChI is InChI=1S/C25H27F3N4O/c1-18-13-19(2)32(30-18)16-21-9-6-10-22(14-21)29-23(33)24(25(26,27)28)11-12-31(17-24)15-20-7-4-3-5-8-20/h3-10,13-14H,11-12,15-17H2,1-2H3,(H,29,33). The lowest BCUT2D eigenvalue weighted by Gasteiger charge is -2.30. The number of nitrogens with zero attached hydrogens (tertiary/aromatic N) is 3. The second-order valence-electron chi connectivity index (χ2n) is 8.77. The maximum absolute atomic E-state index is 14.2.